The van der Waals surface area contributed by atoms with Crippen molar-refractivity contribution in [2.45, 2.75) is 12.3 Å². The average Bonchev–Trinajstić information content (AvgIpc) is 3.39. The van der Waals surface area contributed by atoms with Crippen LogP contribution >= 0.6 is 0 Å². The minimum absolute atomic E-state index is 0.0706. The fourth-order valence-electron chi connectivity index (χ4n) is 7.36. The van der Waals surface area contributed by atoms with Crippen molar-refractivity contribution in [2.24, 2.45) is 0 Å². The van der Waals surface area contributed by atoms with Crippen molar-refractivity contribution in [3.05, 3.63) is 156 Å². The van der Waals surface area contributed by atoms with E-state index in [1.54, 1.807) is 0 Å². The highest BCUT2D eigenvalue weighted by atomic mass is 16.7. The molecule has 5 nitrogen and oxygen atoms in total. The first kappa shape index (κ1) is 28.5. The highest BCUT2D eigenvalue weighted by Crippen LogP contribution is 2.44. The van der Waals surface area contributed by atoms with Crippen LogP contribution in [0.25, 0.3) is 49.8 Å². The van der Waals surface area contributed by atoms with Gasteiger partial charge in [0.2, 0.25) is 6.79 Å². The number of fused-ring (bicyclic) bond motifs is 6. The predicted octanol–water partition coefficient (Wildman–Crippen LogP) is 9.76. The molecule has 0 saturated heterocycles. The number of para-hydroxylation sites is 1. The van der Waals surface area contributed by atoms with Crippen molar-refractivity contribution >= 4 is 38.7 Å². The number of furan rings is 1. The maximum atomic E-state index is 6.28. The predicted molar refractivity (Wildman–Crippen MR) is 195 cm³/mol. The summed E-state index contributed by atoms with van der Waals surface area (Å²) in [5.74, 6) is 1.89. The van der Waals surface area contributed by atoms with Gasteiger partial charge in [-0.15, -0.1) is 0 Å². The molecule has 5 heteroatoms. The molecule has 0 amide bonds. The Morgan fingerprint density at radius 3 is 2.50 bits per heavy atom. The minimum Gasteiger partial charge on any atom is -0.461 e. The topological polar surface area (TPSA) is 38.1 Å². The number of likely N-dealkylation sites (N-methyl/N-ethyl adjacent to an activating group) is 2. The fourth-order valence-corrected chi connectivity index (χ4v) is 7.36. The van der Waals surface area contributed by atoms with E-state index in [9.17, 15) is 0 Å². The van der Waals surface area contributed by atoms with Gasteiger partial charge in [0.1, 0.15) is 22.7 Å². The first-order chi connectivity index (χ1) is 23.6. The molecule has 0 fully saturated rings. The zero-order chi connectivity index (χ0) is 32.2. The van der Waals surface area contributed by atoms with E-state index >= 15 is 0 Å². The highest BCUT2D eigenvalue weighted by Gasteiger charge is 2.28. The molecule has 1 aliphatic carbocycles. The van der Waals surface area contributed by atoms with Crippen LogP contribution in [0.15, 0.2) is 138 Å². The standard InChI is InChI=1S/C43H36N2O3/c1-44-17-5-7-31(25-44)34-19-33(20-35(21-34)32-8-6-18-45(2)26-32)28-13-16-40-39(22-28)38-15-12-29(23-42(38)47-27-46-40)30-11-14-37-36-9-3-4-10-41(36)48-43(37)24-30/h3-14,16-17,19-24,26,38H,15,18,25,27H2,1-2H3. The van der Waals surface area contributed by atoms with E-state index in [4.69, 9.17) is 13.9 Å². The second-order valence-electron chi connectivity index (χ2n) is 13.1. The van der Waals surface area contributed by atoms with Gasteiger partial charge in [0.05, 0.1) is 0 Å². The zero-order valence-electron chi connectivity index (χ0n) is 27.1. The molecule has 0 saturated carbocycles. The molecule has 3 aliphatic heterocycles. The highest BCUT2D eigenvalue weighted by molar-refractivity contribution is 6.05. The van der Waals surface area contributed by atoms with Crippen LogP contribution in [0.2, 0.25) is 0 Å². The van der Waals surface area contributed by atoms with Crippen molar-refractivity contribution in [1.82, 2.24) is 9.80 Å². The van der Waals surface area contributed by atoms with Crippen molar-refractivity contribution in [3.63, 3.8) is 0 Å². The largest absolute Gasteiger partial charge is 0.461 e. The number of rotatable bonds is 4. The van der Waals surface area contributed by atoms with Gasteiger partial charge >= 0.3 is 0 Å². The molecule has 5 aromatic rings. The summed E-state index contributed by atoms with van der Waals surface area (Å²) in [7, 11) is 4.25. The number of benzene rings is 4. The Hall–Kier alpha value is -5.68. The molecule has 1 atom stereocenters. The molecule has 236 valence electrons. The Morgan fingerprint density at radius 2 is 1.58 bits per heavy atom. The maximum Gasteiger partial charge on any atom is 0.230 e. The Bertz CT molecular complexity index is 2300. The van der Waals surface area contributed by atoms with E-state index in [-0.39, 0.29) is 12.7 Å². The van der Waals surface area contributed by atoms with Gasteiger partial charge in [-0.25, -0.2) is 0 Å². The third-order valence-electron chi connectivity index (χ3n) is 9.83. The summed E-state index contributed by atoms with van der Waals surface area (Å²) in [6.07, 6.45) is 18.5. The molecule has 0 N–H and O–H groups in total. The van der Waals surface area contributed by atoms with Gasteiger partial charge in [-0.2, -0.15) is 0 Å². The van der Waals surface area contributed by atoms with Crippen LogP contribution in [0.1, 0.15) is 34.6 Å². The summed E-state index contributed by atoms with van der Waals surface area (Å²) in [5.41, 5.74) is 12.6. The molecular weight excluding hydrogens is 592 g/mol. The molecule has 4 heterocycles. The zero-order valence-corrected chi connectivity index (χ0v) is 27.1. The number of hydrogen-bond donors (Lipinski definition) is 0. The quantitative estimate of drug-likeness (QED) is 0.198. The number of ether oxygens (including phenoxy) is 2. The second-order valence-corrected chi connectivity index (χ2v) is 13.1. The van der Waals surface area contributed by atoms with Crippen molar-refractivity contribution in [1.29, 1.82) is 0 Å². The lowest BCUT2D eigenvalue weighted by atomic mass is 9.84. The molecule has 1 aromatic heterocycles. The first-order valence-electron chi connectivity index (χ1n) is 16.6. The van der Waals surface area contributed by atoms with Gasteiger partial charge in [0, 0.05) is 55.6 Å². The monoisotopic (exact) mass is 628 g/mol. The van der Waals surface area contributed by atoms with Crippen molar-refractivity contribution in [3.8, 4) is 16.9 Å². The van der Waals surface area contributed by atoms with Crippen molar-refractivity contribution < 1.29 is 13.9 Å². The summed E-state index contributed by atoms with van der Waals surface area (Å²) in [6, 6.07) is 28.3. The molecule has 1 unspecified atom stereocenters. The molecule has 48 heavy (non-hydrogen) atoms. The lowest BCUT2D eigenvalue weighted by Gasteiger charge is -2.23. The Morgan fingerprint density at radius 1 is 0.729 bits per heavy atom. The third kappa shape index (κ3) is 5.12. The lowest BCUT2D eigenvalue weighted by Crippen LogP contribution is -2.16. The molecule has 4 aliphatic rings. The van der Waals surface area contributed by atoms with E-state index in [0.29, 0.717) is 0 Å². The molecule has 9 rings (SSSR count). The average molecular weight is 629 g/mol. The van der Waals surface area contributed by atoms with Gasteiger partial charge in [-0.1, -0.05) is 54.6 Å². The van der Waals surface area contributed by atoms with Gasteiger partial charge in [0.15, 0.2) is 0 Å². The van der Waals surface area contributed by atoms with Crippen LogP contribution in [0, 0.1) is 0 Å². The number of nitrogens with zero attached hydrogens (tertiary/aromatic N) is 2. The minimum atomic E-state index is 0.0706. The molecule has 0 bridgehead atoms. The molecule has 4 aromatic carbocycles. The third-order valence-corrected chi connectivity index (χ3v) is 9.83. The normalized spacial score (nSPS) is 18.7. The second kappa shape index (κ2) is 11.5. The molecule has 0 radical (unpaired) electrons. The lowest BCUT2D eigenvalue weighted by molar-refractivity contribution is 0.0627. The van der Waals surface area contributed by atoms with E-state index in [2.05, 4.69) is 139 Å². The molecular formula is C43H36N2O3. The number of allylic oxidation sites excluding steroid dienone is 8. The van der Waals surface area contributed by atoms with Crippen LogP contribution in [0.4, 0.5) is 0 Å². The van der Waals surface area contributed by atoms with Gasteiger partial charge in [-0.05, 0) is 118 Å². The summed E-state index contributed by atoms with van der Waals surface area (Å²) in [5, 5.41) is 2.28. The van der Waals surface area contributed by atoms with E-state index in [1.165, 1.54) is 33.4 Å². The Kier molecular flexibility index (Phi) is 6.86. The summed E-state index contributed by atoms with van der Waals surface area (Å²) in [6.45, 7) is 1.98. The van der Waals surface area contributed by atoms with Gasteiger partial charge in [0.25, 0.3) is 0 Å². The van der Waals surface area contributed by atoms with E-state index < -0.39 is 0 Å². The summed E-state index contributed by atoms with van der Waals surface area (Å²) < 4.78 is 18.7. The van der Waals surface area contributed by atoms with Crippen molar-refractivity contribution in [2.75, 3.05) is 34.0 Å². The van der Waals surface area contributed by atoms with Gasteiger partial charge < -0.3 is 23.7 Å². The first-order valence-corrected chi connectivity index (χ1v) is 16.6. The summed E-state index contributed by atoms with van der Waals surface area (Å²) in [4.78, 5) is 4.45. The van der Waals surface area contributed by atoms with Gasteiger partial charge in [-0.3, -0.25) is 0 Å². The fraction of sp³-hybridized carbons (Fsp3) is 0.163. The Balaban J connectivity index is 1.08. The smallest absolute Gasteiger partial charge is 0.230 e. The summed E-state index contributed by atoms with van der Waals surface area (Å²) >= 11 is 0. The molecule has 0 spiro atoms. The number of hydrogen-bond acceptors (Lipinski definition) is 5. The Labute approximate surface area is 280 Å². The van der Waals surface area contributed by atoms with Crippen LogP contribution in [-0.2, 0) is 4.74 Å². The van der Waals surface area contributed by atoms with Crippen LogP contribution < -0.4 is 4.74 Å². The van der Waals surface area contributed by atoms with Crippen LogP contribution in [0.3, 0.4) is 0 Å². The van der Waals surface area contributed by atoms with Crippen LogP contribution in [0.5, 0.6) is 5.75 Å². The van der Waals surface area contributed by atoms with Crippen LogP contribution in [-0.4, -0.2) is 43.8 Å². The SMILES string of the molecule is CN1C=C(c2cc(C3=CC=CN(C)C3)cc(-c3ccc4c(c3)C3CC=C(c5ccc6c(c5)oc5ccccc56)C=C3OCO4)c2)C=CC1. The maximum absolute atomic E-state index is 6.28. The van der Waals surface area contributed by atoms with E-state index in [0.717, 1.165) is 69.7 Å². The van der Waals surface area contributed by atoms with E-state index in [1.807, 2.05) is 12.1 Å².